The molecule has 190 valence electrons. The molecule has 5 aromatic rings. The third kappa shape index (κ3) is 4.14. The van der Waals surface area contributed by atoms with Gasteiger partial charge in [-0.15, -0.1) is 19.6 Å². The molecule has 1 unspecified atom stereocenters. The number of aromatic nitrogens is 4. The molecule has 0 saturated heterocycles. The summed E-state index contributed by atoms with van der Waals surface area (Å²) in [6, 6.07) is 15.8. The van der Waals surface area contributed by atoms with Crippen LogP contribution in [0.15, 0.2) is 84.2 Å². The van der Waals surface area contributed by atoms with Crippen molar-refractivity contribution in [2.45, 2.75) is 11.8 Å². The quantitative estimate of drug-likeness (QED) is 0.324. The van der Waals surface area contributed by atoms with Crippen LogP contribution >= 0.6 is 11.6 Å². The van der Waals surface area contributed by atoms with Gasteiger partial charge >= 0.3 is 6.30 Å². The Bertz CT molecular complexity index is 1780. The zero-order chi connectivity index (χ0) is 27.2. The second-order valence-electron chi connectivity index (χ2n) is 8.72. The fourth-order valence-corrected chi connectivity index (χ4v) is 4.72. The molecule has 0 saturated carbocycles. The molecule has 38 heavy (non-hydrogen) atoms. The molecule has 2 N–H and O–H groups in total. The lowest BCUT2D eigenvalue weighted by molar-refractivity contribution is -0.203. The fraction of sp³-hybridized carbons (Fsp3) is 0.107. The van der Waals surface area contributed by atoms with Gasteiger partial charge in [0, 0.05) is 29.1 Å². The second kappa shape index (κ2) is 9.17. The number of imidazole rings is 1. The summed E-state index contributed by atoms with van der Waals surface area (Å²) >= 11 is 6.10. The van der Waals surface area contributed by atoms with E-state index in [2.05, 4.69) is 15.9 Å². The lowest BCUT2D eigenvalue weighted by atomic mass is 9.83. The van der Waals surface area contributed by atoms with Crippen LogP contribution in [0.4, 0.5) is 13.2 Å². The summed E-state index contributed by atoms with van der Waals surface area (Å²) in [5.74, 6) is 2.51. The number of halogens is 4. The summed E-state index contributed by atoms with van der Waals surface area (Å²) in [4.78, 5) is 21.3. The van der Waals surface area contributed by atoms with Crippen molar-refractivity contribution < 1.29 is 13.2 Å². The Labute approximate surface area is 220 Å². The van der Waals surface area contributed by atoms with E-state index in [1.165, 1.54) is 6.07 Å². The summed E-state index contributed by atoms with van der Waals surface area (Å²) in [5, 5.41) is 0.601. The minimum atomic E-state index is -4.98. The standard InChI is InChI=1S/C28H19ClF3N5O/c1-3-17-5-4-6-18(11-17)21-13-26(38)37(28(30,31)32)23-14-35-24(12-22(21)23)27(33,25-15-34-16-36(25)2)19-7-9-20(29)10-8-19/h1,4-16H,33H2,2H3. The first-order chi connectivity index (χ1) is 18.0. The Morgan fingerprint density at radius 3 is 2.42 bits per heavy atom. The number of aryl methyl sites for hydroxylation is 1. The van der Waals surface area contributed by atoms with Crippen molar-refractivity contribution in [2.24, 2.45) is 12.8 Å². The Balaban J connectivity index is 1.89. The molecule has 0 bridgehead atoms. The summed E-state index contributed by atoms with van der Waals surface area (Å²) < 4.78 is 43.5. The minimum absolute atomic E-state index is 0.118. The smallest absolute Gasteiger partial charge is 0.335 e. The molecule has 3 heterocycles. The average Bonchev–Trinajstić information content (AvgIpc) is 3.33. The number of hydrogen-bond donors (Lipinski definition) is 1. The number of benzene rings is 2. The van der Waals surface area contributed by atoms with Crippen LogP contribution in [0, 0.1) is 12.3 Å². The van der Waals surface area contributed by atoms with Crippen molar-refractivity contribution in [1.82, 2.24) is 19.1 Å². The number of terminal acetylenes is 1. The maximum atomic E-state index is 14.0. The molecule has 0 fully saturated rings. The van der Waals surface area contributed by atoms with Crippen molar-refractivity contribution >= 4 is 22.5 Å². The van der Waals surface area contributed by atoms with E-state index < -0.39 is 22.9 Å². The number of nitrogens with zero attached hydrogens (tertiary/aromatic N) is 4. The van der Waals surface area contributed by atoms with Gasteiger partial charge in [0.05, 0.1) is 35.6 Å². The van der Waals surface area contributed by atoms with Crippen molar-refractivity contribution in [2.75, 3.05) is 0 Å². The summed E-state index contributed by atoms with van der Waals surface area (Å²) in [6.45, 7) is 0. The van der Waals surface area contributed by atoms with E-state index in [9.17, 15) is 18.0 Å². The average molecular weight is 534 g/mol. The first kappa shape index (κ1) is 25.3. The van der Waals surface area contributed by atoms with E-state index in [0.29, 0.717) is 27.4 Å². The number of nitrogens with two attached hydrogens (primary N) is 1. The topological polar surface area (TPSA) is 78.7 Å². The van der Waals surface area contributed by atoms with E-state index >= 15 is 0 Å². The van der Waals surface area contributed by atoms with E-state index in [1.807, 2.05) is 0 Å². The Morgan fingerprint density at radius 1 is 1.05 bits per heavy atom. The first-order valence-corrected chi connectivity index (χ1v) is 11.6. The highest BCUT2D eigenvalue weighted by Crippen LogP contribution is 2.37. The van der Waals surface area contributed by atoms with Gasteiger partial charge in [-0.1, -0.05) is 41.8 Å². The minimum Gasteiger partial charge on any atom is -0.335 e. The largest absolute Gasteiger partial charge is 0.491 e. The molecular weight excluding hydrogens is 515 g/mol. The molecule has 0 aliphatic heterocycles. The molecule has 10 heteroatoms. The molecule has 0 spiro atoms. The molecule has 0 amide bonds. The Morgan fingerprint density at radius 2 is 1.79 bits per heavy atom. The summed E-state index contributed by atoms with van der Waals surface area (Å²) in [7, 11) is 1.75. The number of rotatable bonds is 4. The maximum Gasteiger partial charge on any atom is 0.491 e. The van der Waals surface area contributed by atoms with Gasteiger partial charge in [0.15, 0.2) is 0 Å². The highest BCUT2D eigenvalue weighted by Gasteiger charge is 2.38. The van der Waals surface area contributed by atoms with E-state index in [-0.39, 0.29) is 21.2 Å². The van der Waals surface area contributed by atoms with Gasteiger partial charge < -0.3 is 10.3 Å². The second-order valence-corrected chi connectivity index (χ2v) is 9.15. The van der Waals surface area contributed by atoms with Crippen LogP contribution in [-0.4, -0.2) is 19.1 Å². The van der Waals surface area contributed by atoms with E-state index in [0.717, 1.165) is 12.3 Å². The van der Waals surface area contributed by atoms with Crippen LogP contribution in [0.3, 0.4) is 0 Å². The lowest BCUT2D eigenvalue weighted by Gasteiger charge is -2.30. The predicted molar refractivity (Wildman–Crippen MR) is 139 cm³/mol. The fourth-order valence-electron chi connectivity index (χ4n) is 4.60. The van der Waals surface area contributed by atoms with Crippen molar-refractivity contribution in [3.05, 3.63) is 117 Å². The van der Waals surface area contributed by atoms with E-state index in [4.69, 9.17) is 23.8 Å². The zero-order valence-corrected chi connectivity index (χ0v) is 20.6. The van der Waals surface area contributed by atoms with Crippen LogP contribution in [0.2, 0.25) is 5.02 Å². The number of alkyl halides is 3. The number of pyridine rings is 2. The Hall–Kier alpha value is -4.39. The third-order valence-corrected chi connectivity index (χ3v) is 6.67. The molecule has 3 aromatic heterocycles. The SMILES string of the molecule is C#Cc1cccc(-c2cc(=O)n(C(F)(F)F)c3cnc(C(N)(c4ccc(Cl)cc4)c4cncn4C)cc23)c1. The molecule has 2 aromatic carbocycles. The predicted octanol–water partition coefficient (Wildman–Crippen LogP) is 5.16. The molecule has 6 nitrogen and oxygen atoms in total. The van der Waals surface area contributed by atoms with Crippen LogP contribution in [0.5, 0.6) is 0 Å². The van der Waals surface area contributed by atoms with Crippen molar-refractivity contribution in [3.8, 4) is 23.5 Å². The number of hydrogen-bond acceptors (Lipinski definition) is 4. The van der Waals surface area contributed by atoms with Gasteiger partial charge in [0.1, 0.15) is 5.54 Å². The first-order valence-electron chi connectivity index (χ1n) is 11.3. The number of fused-ring (bicyclic) bond motifs is 1. The third-order valence-electron chi connectivity index (χ3n) is 6.42. The van der Waals surface area contributed by atoms with Gasteiger partial charge in [-0.2, -0.15) is 0 Å². The molecule has 1 atom stereocenters. The van der Waals surface area contributed by atoms with Crippen LogP contribution in [-0.2, 0) is 18.9 Å². The van der Waals surface area contributed by atoms with Crippen LogP contribution in [0.25, 0.3) is 22.0 Å². The van der Waals surface area contributed by atoms with Crippen molar-refractivity contribution in [3.63, 3.8) is 0 Å². The molecule has 0 radical (unpaired) electrons. The Kier molecular flexibility index (Phi) is 6.10. The van der Waals surface area contributed by atoms with Gasteiger partial charge in [-0.25, -0.2) is 9.55 Å². The van der Waals surface area contributed by atoms with Gasteiger partial charge in [0.2, 0.25) is 0 Å². The molecule has 5 rings (SSSR count). The van der Waals surface area contributed by atoms with Gasteiger partial charge in [0.25, 0.3) is 5.56 Å². The maximum absolute atomic E-state index is 14.0. The van der Waals surface area contributed by atoms with E-state index in [1.54, 1.807) is 72.7 Å². The van der Waals surface area contributed by atoms with Crippen molar-refractivity contribution in [1.29, 1.82) is 0 Å². The zero-order valence-electron chi connectivity index (χ0n) is 19.9. The monoisotopic (exact) mass is 533 g/mol. The molecule has 0 aliphatic carbocycles. The molecule has 0 aliphatic rings. The highest BCUT2D eigenvalue weighted by molar-refractivity contribution is 6.30. The summed E-state index contributed by atoms with van der Waals surface area (Å²) in [6.07, 6.45) is 4.70. The lowest BCUT2D eigenvalue weighted by Crippen LogP contribution is -2.42. The highest BCUT2D eigenvalue weighted by atomic mass is 35.5. The normalized spacial score (nSPS) is 13.3. The van der Waals surface area contributed by atoms with Crippen LogP contribution < -0.4 is 11.3 Å². The van der Waals surface area contributed by atoms with Gasteiger partial charge in [-0.3, -0.25) is 9.78 Å². The summed E-state index contributed by atoms with van der Waals surface area (Å²) in [5.41, 5.74) is 6.55. The molecular formula is C28H19ClF3N5O. The van der Waals surface area contributed by atoms with Crippen LogP contribution in [0.1, 0.15) is 22.5 Å². The van der Waals surface area contributed by atoms with Gasteiger partial charge in [-0.05, 0) is 47.0 Å².